The number of unbranched alkanes of at least 4 members (excludes halogenated alkanes) is 68. The summed E-state index contributed by atoms with van der Waals surface area (Å²) in [7, 11) is 1.51. The van der Waals surface area contributed by atoms with Crippen LogP contribution >= 0.6 is 7.82 Å². The van der Waals surface area contributed by atoms with Gasteiger partial charge in [-0.3, -0.25) is 18.6 Å². The Hall–Kier alpha value is -1.25. The summed E-state index contributed by atoms with van der Waals surface area (Å²) >= 11 is 0. The van der Waals surface area contributed by atoms with E-state index < -0.39 is 26.5 Å². The zero-order valence-corrected chi connectivity index (χ0v) is 67.3. The van der Waals surface area contributed by atoms with Crippen molar-refractivity contribution in [2.24, 2.45) is 0 Å². The number of nitrogens with zero attached hydrogens (tertiary/aromatic N) is 1. The molecule has 0 aliphatic heterocycles. The van der Waals surface area contributed by atoms with Crippen molar-refractivity contribution >= 4 is 19.8 Å². The van der Waals surface area contributed by atoms with Crippen molar-refractivity contribution < 1.29 is 42.1 Å². The Morgan fingerprint density at radius 1 is 0.309 bits per heavy atom. The van der Waals surface area contributed by atoms with Gasteiger partial charge >= 0.3 is 19.8 Å². The minimum Gasteiger partial charge on any atom is -0.462 e. The summed E-state index contributed by atoms with van der Waals surface area (Å²) in [5, 5.41) is 0. The summed E-state index contributed by atoms with van der Waals surface area (Å²) in [4.78, 5) is 36.0. The number of carbonyl (C=O) groups is 2. The van der Waals surface area contributed by atoms with Gasteiger partial charge in [-0.1, -0.05) is 443 Å². The molecule has 0 aliphatic carbocycles. The highest BCUT2D eigenvalue weighted by molar-refractivity contribution is 7.47. The van der Waals surface area contributed by atoms with Gasteiger partial charge in [0.25, 0.3) is 0 Å². The maximum absolute atomic E-state index is 12.9. The van der Waals surface area contributed by atoms with Gasteiger partial charge in [-0.15, -0.1) is 0 Å². The lowest BCUT2D eigenvalue weighted by atomic mass is 10.0. The van der Waals surface area contributed by atoms with Crippen LogP contribution in [0.2, 0.25) is 0 Å². The molecule has 0 radical (unpaired) electrons. The van der Waals surface area contributed by atoms with E-state index in [-0.39, 0.29) is 25.6 Å². The molecule has 0 saturated carbocycles. The molecule has 0 rings (SSSR count). The molecule has 2 atom stereocenters. The molecule has 0 aromatic rings. The normalized spacial score (nSPS) is 12.9. The van der Waals surface area contributed by atoms with Gasteiger partial charge in [0.05, 0.1) is 27.7 Å². The zero-order chi connectivity index (χ0) is 70.4. The molecule has 0 bridgehead atoms. The van der Waals surface area contributed by atoms with E-state index in [0.717, 1.165) is 38.5 Å². The first kappa shape index (κ1) is 95.8. The third kappa shape index (κ3) is 83.6. The minimum absolute atomic E-state index is 0.0371. The highest BCUT2D eigenvalue weighted by atomic mass is 31.2. The van der Waals surface area contributed by atoms with E-state index in [4.69, 9.17) is 18.5 Å². The monoisotopic (exact) mass is 1390 g/mol. The fourth-order valence-corrected chi connectivity index (χ4v) is 14.6. The quantitative estimate of drug-likeness (QED) is 0.0211. The fraction of sp³-hybridized carbons (Fsp3) is 0.954. The zero-order valence-electron chi connectivity index (χ0n) is 66.4. The molecule has 0 aromatic heterocycles. The van der Waals surface area contributed by atoms with E-state index in [2.05, 4.69) is 26.0 Å². The molecule has 0 amide bonds. The molecule has 0 fully saturated rings. The average Bonchev–Trinajstić information content (AvgIpc) is 1.69. The first-order chi connectivity index (χ1) is 47.5. The number of quaternary nitrogens is 1. The van der Waals surface area contributed by atoms with Gasteiger partial charge in [-0.25, -0.2) is 4.57 Å². The second-order valence-corrected chi connectivity index (χ2v) is 33.1. The van der Waals surface area contributed by atoms with Crippen LogP contribution in [0.15, 0.2) is 12.2 Å². The second-order valence-electron chi connectivity index (χ2n) is 31.6. The van der Waals surface area contributed by atoms with Crippen LogP contribution in [0.25, 0.3) is 0 Å². The number of ether oxygens (including phenoxy) is 2. The average molecular weight is 1390 g/mol. The van der Waals surface area contributed by atoms with E-state index in [1.807, 2.05) is 21.1 Å². The maximum atomic E-state index is 12.9. The molecular formula is C87H173NO8P+. The van der Waals surface area contributed by atoms with Crippen molar-refractivity contribution in [2.75, 3.05) is 47.5 Å². The van der Waals surface area contributed by atoms with Gasteiger partial charge in [-0.05, 0) is 38.5 Å². The van der Waals surface area contributed by atoms with Crippen molar-refractivity contribution in [3.63, 3.8) is 0 Å². The Balaban J connectivity index is 3.84. The van der Waals surface area contributed by atoms with Crippen LogP contribution < -0.4 is 0 Å². The molecule has 0 spiro atoms. The molecule has 0 aromatic carbocycles. The Morgan fingerprint density at radius 2 is 0.526 bits per heavy atom. The summed E-state index contributed by atoms with van der Waals surface area (Å²) < 4.78 is 34.9. The lowest BCUT2D eigenvalue weighted by Gasteiger charge is -2.24. The molecule has 1 N–H and O–H groups in total. The third-order valence-corrected chi connectivity index (χ3v) is 21.5. The fourth-order valence-electron chi connectivity index (χ4n) is 13.8. The summed E-state index contributed by atoms with van der Waals surface area (Å²) in [6.07, 6.45) is 101. The van der Waals surface area contributed by atoms with E-state index >= 15 is 0 Å². The third-order valence-electron chi connectivity index (χ3n) is 20.5. The van der Waals surface area contributed by atoms with Crippen LogP contribution in [-0.2, 0) is 32.7 Å². The predicted octanol–water partition coefficient (Wildman–Crippen LogP) is 29.4. The molecule has 9 nitrogen and oxygen atoms in total. The number of phosphoric acid groups is 1. The highest BCUT2D eigenvalue weighted by Crippen LogP contribution is 2.43. The Morgan fingerprint density at radius 3 is 0.763 bits per heavy atom. The standard InChI is InChI=1S/C87H172NO8P/c1-6-8-10-12-14-16-18-20-22-24-26-28-30-32-34-36-38-40-42-43-44-46-47-49-51-53-55-57-59-61-63-65-67-69-71-73-75-77-79-86(89)93-83-85(84-95-97(91,92)94-82-81-88(3,4)5)96-87(90)80-78-76-74-72-70-68-66-64-62-60-58-56-54-52-50-48-45-41-39-37-35-33-31-29-27-25-23-21-19-17-15-13-11-9-7-2/h25,27,85H,6-24,26,28-84H2,1-5H3/p+1/b27-25-. The second kappa shape index (κ2) is 78.9. The number of carbonyl (C=O) groups excluding carboxylic acids is 2. The van der Waals surface area contributed by atoms with Crippen LogP contribution in [-0.4, -0.2) is 74.9 Å². The summed E-state index contributed by atoms with van der Waals surface area (Å²) in [5.41, 5.74) is 0. The Bertz CT molecular complexity index is 1640. The topological polar surface area (TPSA) is 108 Å². The summed E-state index contributed by atoms with van der Waals surface area (Å²) in [6, 6.07) is 0. The van der Waals surface area contributed by atoms with Gasteiger partial charge in [0.15, 0.2) is 6.10 Å². The van der Waals surface area contributed by atoms with Crippen molar-refractivity contribution in [1.82, 2.24) is 0 Å². The van der Waals surface area contributed by atoms with E-state index in [1.165, 1.54) is 417 Å². The molecule has 2 unspecified atom stereocenters. The lowest BCUT2D eigenvalue weighted by molar-refractivity contribution is -0.870. The highest BCUT2D eigenvalue weighted by Gasteiger charge is 2.27. The number of allylic oxidation sites excluding steroid dienone is 2. The van der Waals surface area contributed by atoms with E-state index in [0.29, 0.717) is 17.4 Å². The van der Waals surface area contributed by atoms with Gasteiger partial charge < -0.3 is 18.9 Å². The van der Waals surface area contributed by atoms with Gasteiger partial charge in [-0.2, -0.15) is 0 Å². The first-order valence-corrected chi connectivity index (χ1v) is 45.4. The molecular weight excluding hydrogens is 1220 g/mol. The predicted molar refractivity (Wildman–Crippen MR) is 423 cm³/mol. The van der Waals surface area contributed by atoms with Crippen molar-refractivity contribution in [1.29, 1.82) is 0 Å². The first-order valence-electron chi connectivity index (χ1n) is 43.9. The van der Waals surface area contributed by atoms with Crippen LogP contribution in [0.5, 0.6) is 0 Å². The largest absolute Gasteiger partial charge is 0.472 e. The van der Waals surface area contributed by atoms with E-state index in [9.17, 15) is 19.0 Å². The number of hydrogen-bond donors (Lipinski definition) is 1. The molecule has 97 heavy (non-hydrogen) atoms. The lowest BCUT2D eigenvalue weighted by Crippen LogP contribution is -2.37. The van der Waals surface area contributed by atoms with Gasteiger partial charge in [0, 0.05) is 12.8 Å². The van der Waals surface area contributed by atoms with Crippen LogP contribution in [0.4, 0.5) is 0 Å². The SMILES string of the molecule is CCCCCCCCCC/C=C\CCCCCCCCCCCCCCCCCCCCCCCCCC(=O)OC(COC(=O)CCCCCCCCCCCCCCCCCCCCCCCCCCCCCCCCCCCCCCCC)COP(=O)(O)OCC[N+](C)(C)C. The van der Waals surface area contributed by atoms with Crippen molar-refractivity contribution in [3.05, 3.63) is 12.2 Å². The van der Waals surface area contributed by atoms with Crippen molar-refractivity contribution in [2.45, 2.75) is 489 Å². The van der Waals surface area contributed by atoms with Crippen molar-refractivity contribution in [3.8, 4) is 0 Å². The van der Waals surface area contributed by atoms with E-state index in [1.54, 1.807) is 0 Å². The smallest absolute Gasteiger partial charge is 0.462 e. The molecule has 578 valence electrons. The Kier molecular flexibility index (Phi) is 77.9. The van der Waals surface area contributed by atoms with Crippen LogP contribution in [0, 0.1) is 0 Å². The summed E-state index contributed by atoms with van der Waals surface area (Å²) in [5.74, 6) is -0.764. The number of rotatable bonds is 84. The number of phosphoric ester groups is 1. The Labute approximate surface area is 607 Å². The molecule has 0 saturated heterocycles. The molecule has 0 aliphatic rings. The minimum atomic E-state index is -4.39. The van der Waals surface area contributed by atoms with Gasteiger partial charge in [0.2, 0.25) is 0 Å². The number of hydrogen-bond acceptors (Lipinski definition) is 7. The number of likely N-dealkylation sites (N-methyl/N-ethyl adjacent to an activating group) is 1. The number of esters is 2. The van der Waals surface area contributed by atoms with Crippen LogP contribution in [0.3, 0.4) is 0 Å². The van der Waals surface area contributed by atoms with Gasteiger partial charge in [0.1, 0.15) is 19.8 Å². The van der Waals surface area contributed by atoms with Crippen LogP contribution in [0.1, 0.15) is 483 Å². The molecule has 0 heterocycles. The molecule has 10 heteroatoms. The summed E-state index contributed by atoms with van der Waals surface area (Å²) in [6.45, 7) is 4.54. The maximum Gasteiger partial charge on any atom is 0.472 e.